The Morgan fingerprint density at radius 3 is 3.05 bits per heavy atom. The molecule has 3 atom stereocenters. The fourth-order valence-electron chi connectivity index (χ4n) is 4.74. The maximum atomic E-state index is 11.9. The average molecular weight is 415 g/mol. The van der Waals surface area contributed by atoms with E-state index in [0.717, 1.165) is 30.4 Å². The van der Waals surface area contributed by atoms with Crippen LogP contribution in [0.1, 0.15) is 19.3 Å². The molecule has 0 aromatic rings. The minimum Gasteiger partial charge on any atom is -1.00 e. The molecule has 3 aliphatic heterocycles. The molecule has 22 heavy (non-hydrogen) atoms. The molecule has 0 saturated carbocycles. The number of hydrogen-bond acceptors (Lipinski definition) is 3. The van der Waals surface area contributed by atoms with Crippen molar-refractivity contribution in [2.45, 2.75) is 30.9 Å². The molecule has 120 valence electrons. The van der Waals surface area contributed by atoms with Crippen molar-refractivity contribution in [3.05, 3.63) is 34.9 Å². The summed E-state index contributed by atoms with van der Waals surface area (Å²) >= 11 is 0. The summed E-state index contributed by atoms with van der Waals surface area (Å²) in [5.74, 6) is -0.0775. The van der Waals surface area contributed by atoms with E-state index in [1.165, 1.54) is 16.7 Å². The maximum Gasteiger partial charge on any atom is 0.310 e. The second-order valence-corrected chi connectivity index (χ2v) is 6.83. The third-order valence-electron chi connectivity index (χ3n) is 5.96. The third-order valence-corrected chi connectivity index (χ3v) is 5.96. The summed E-state index contributed by atoms with van der Waals surface area (Å²) in [7, 11) is 4.10. The molecule has 1 spiro atoms. The van der Waals surface area contributed by atoms with Gasteiger partial charge in [0.1, 0.15) is 6.61 Å². The van der Waals surface area contributed by atoms with E-state index in [-0.39, 0.29) is 41.6 Å². The summed E-state index contributed by atoms with van der Waals surface area (Å²) in [6.45, 7) is 2.65. The molecule has 0 N–H and O–H groups in total. The van der Waals surface area contributed by atoms with Gasteiger partial charge in [0.2, 0.25) is 0 Å². The predicted octanol–water partition coefficient (Wildman–Crippen LogP) is -1.26. The van der Waals surface area contributed by atoms with E-state index in [1.54, 1.807) is 7.11 Å². The SMILES string of the molecule is COC1C=CC2=CC[N+]3(C)CCC4=C(CC(=O)OC4)C23C1.[I-]. The Morgan fingerprint density at radius 2 is 2.27 bits per heavy atom. The molecular weight excluding hydrogens is 393 g/mol. The normalized spacial score (nSPS) is 39.3. The van der Waals surface area contributed by atoms with Gasteiger partial charge in [0.15, 0.2) is 5.54 Å². The summed E-state index contributed by atoms with van der Waals surface area (Å²) in [5.41, 5.74) is 3.98. The Morgan fingerprint density at radius 1 is 1.45 bits per heavy atom. The van der Waals surface area contributed by atoms with Crippen molar-refractivity contribution in [2.75, 3.05) is 33.9 Å². The number of likely N-dealkylation sites (N-methyl/N-ethyl adjacent to an activating group) is 1. The summed E-state index contributed by atoms with van der Waals surface area (Å²) in [6, 6.07) is 0. The quantitative estimate of drug-likeness (QED) is 0.232. The monoisotopic (exact) mass is 415 g/mol. The Hall–Kier alpha value is -0.660. The van der Waals surface area contributed by atoms with Crippen LogP contribution in [-0.2, 0) is 14.3 Å². The molecule has 4 nitrogen and oxygen atoms in total. The summed E-state index contributed by atoms with van der Waals surface area (Å²) < 4.78 is 11.9. The second kappa shape index (κ2) is 5.46. The predicted molar refractivity (Wildman–Crippen MR) is 78.5 cm³/mol. The van der Waals surface area contributed by atoms with Gasteiger partial charge in [-0.3, -0.25) is 4.79 Å². The minimum atomic E-state index is -0.0775. The van der Waals surface area contributed by atoms with Crippen molar-refractivity contribution in [2.24, 2.45) is 0 Å². The molecule has 0 aromatic carbocycles. The number of hydrogen-bond donors (Lipinski definition) is 0. The first kappa shape index (κ1) is 16.2. The van der Waals surface area contributed by atoms with Crippen LogP contribution in [-0.4, -0.2) is 55.9 Å². The molecule has 1 aliphatic carbocycles. The van der Waals surface area contributed by atoms with Crippen molar-refractivity contribution in [3.63, 3.8) is 0 Å². The van der Waals surface area contributed by atoms with Gasteiger partial charge in [-0.2, -0.15) is 0 Å². The largest absolute Gasteiger partial charge is 1.00 e. The lowest BCUT2D eigenvalue weighted by molar-refractivity contribution is -0.939. The zero-order valence-electron chi connectivity index (χ0n) is 13.1. The van der Waals surface area contributed by atoms with Gasteiger partial charge in [-0.1, -0.05) is 12.2 Å². The van der Waals surface area contributed by atoms with Crippen molar-refractivity contribution in [1.29, 1.82) is 0 Å². The highest BCUT2D eigenvalue weighted by Gasteiger charge is 2.61. The van der Waals surface area contributed by atoms with Crippen LogP contribution < -0.4 is 24.0 Å². The van der Waals surface area contributed by atoms with Crippen LogP contribution in [0, 0.1) is 0 Å². The lowest BCUT2D eigenvalue weighted by Crippen LogP contribution is -3.00. The Balaban J connectivity index is 0.00000144. The highest BCUT2D eigenvalue weighted by molar-refractivity contribution is 5.76. The topological polar surface area (TPSA) is 35.5 Å². The van der Waals surface area contributed by atoms with E-state index in [1.807, 2.05) is 0 Å². The molecule has 5 heteroatoms. The third kappa shape index (κ3) is 1.98. The van der Waals surface area contributed by atoms with Gasteiger partial charge in [-0.25, -0.2) is 0 Å². The molecule has 3 heterocycles. The molecule has 3 unspecified atom stereocenters. The first-order valence-electron chi connectivity index (χ1n) is 7.72. The Labute approximate surface area is 148 Å². The van der Waals surface area contributed by atoms with Crippen molar-refractivity contribution in [3.8, 4) is 0 Å². The van der Waals surface area contributed by atoms with E-state index in [4.69, 9.17) is 9.47 Å². The number of esters is 1. The van der Waals surface area contributed by atoms with Crippen molar-refractivity contribution >= 4 is 5.97 Å². The Kier molecular flexibility index (Phi) is 4.02. The van der Waals surface area contributed by atoms with Gasteiger partial charge < -0.3 is 37.9 Å². The highest BCUT2D eigenvalue weighted by Crippen LogP contribution is 2.53. The van der Waals surface area contributed by atoms with Crippen LogP contribution in [0.3, 0.4) is 0 Å². The van der Waals surface area contributed by atoms with Gasteiger partial charge in [-0.05, 0) is 11.6 Å². The Bertz CT molecular complexity index is 609. The fourth-order valence-corrected chi connectivity index (χ4v) is 4.74. The highest BCUT2D eigenvalue weighted by atomic mass is 127. The second-order valence-electron chi connectivity index (χ2n) is 6.83. The maximum absolute atomic E-state index is 11.9. The van der Waals surface area contributed by atoms with Crippen LogP contribution >= 0.6 is 0 Å². The lowest BCUT2D eigenvalue weighted by atomic mass is 9.68. The molecule has 0 radical (unpaired) electrons. The molecule has 4 aliphatic rings. The zero-order chi connectivity index (χ0) is 14.7. The first-order valence-corrected chi connectivity index (χ1v) is 7.72. The standard InChI is InChI=1S/C17H22NO3.HI/c1-18-7-5-12-11-21-16(19)9-15(12)17(18)10-14(20-2)4-3-13(17)6-8-18;/h3-4,6,14H,5,7-11H2,1-2H3;1H/q+1;/p-1. The number of cyclic esters (lactones) is 1. The first-order chi connectivity index (χ1) is 10.1. The molecule has 0 fully saturated rings. The molecule has 0 bridgehead atoms. The summed E-state index contributed by atoms with van der Waals surface area (Å²) in [5, 5.41) is 0. The zero-order valence-corrected chi connectivity index (χ0v) is 15.3. The van der Waals surface area contributed by atoms with E-state index in [2.05, 4.69) is 25.3 Å². The van der Waals surface area contributed by atoms with Gasteiger partial charge in [0.05, 0.1) is 32.7 Å². The van der Waals surface area contributed by atoms with Crippen molar-refractivity contribution < 1.29 is 42.7 Å². The van der Waals surface area contributed by atoms with Gasteiger partial charge in [-0.15, -0.1) is 0 Å². The van der Waals surface area contributed by atoms with E-state index < -0.39 is 0 Å². The van der Waals surface area contributed by atoms with Crippen molar-refractivity contribution in [1.82, 2.24) is 0 Å². The number of nitrogens with zero attached hydrogens (tertiary/aromatic N) is 1. The summed E-state index contributed by atoms with van der Waals surface area (Å²) in [4.78, 5) is 11.9. The molecule has 0 aromatic heterocycles. The number of ether oxygens (including phenoxy) is 2. The van der Waals surface area contributed by atoms with Crippen LogP contribution in [0.2, 0.25) is 0 Å². The molecule has 0 saturated heterocycles. The molecular formula is C17H22INO3. The molecule has 0 amide bonds. The van der Waals surface area contributed by atoms with Crippen LogP contribution in [0.15, 0.2) is 34.9 Å². The number of carbonyl (C=O) groups is 1. The smallest absolute Gasteiger partial charge is 0.310 e. The number of methoxy groups -OCH3 is 1. The van der Waals surface area contributed by atoms with E-state index in [9.17, 15) is 4.79 Å². The molecule has 4 rings (SSSR count). The fraction of sp³-hybridized carbons (Fsp3) is 0.588. The average Bonchev–Trinajstić information content (AvgIpc) is 2.81. The lowest BCUT2D eigenvalue weighted by Gasteiger charge is -2.54. The number of quaternary nitrogens is 1. The number of rotatable bonds is 1. The van der Waals surface area contributed by atoms with Crippen LogP contribution in [0.25, 0.3) is 0 Å². The van der Waals surface area contributed by atoms with E-state index in [0.29, 0.717) is 13.0 Å². The van der Waals surface area contributed by atoms with Crippen LogP contribution in [0.5, 0.6) is 0 Å². The number of carbonyl (C=O) groups excluding carboxylic acids is 1. The van der Waals surface area contributed by atoms with E-state index >= 15 is 0 Å². The van der Waals surface area contributed by atoms with Gasteiger partial charge >= 0.3 is 5.97 Å². The van der Waals surface area contributed by atoms with Gasteiger partial charge in [0, 0.05) is 31.1 Å². The minimum absolute atomic E-state index is 0. The van der Waals surface area contributed by atoms with Gasteiger partial charge in [0.25, 0.3) is 0 Å². The summed E-state index contributed by atoms with van der Waals surface area (Å²) in [6.07, 6.45) is 9.29. The van der Waals surface area contributed by atoms with Crippen LogP contribution in [0.4, 0.5) is 0 Å². The number of halogens is 1.